The van der Waals surface area contributed by atoms with Crippen LogP contribution in [0.1, 0.15) is 12.5 Å². The lowest BCUT2D eigenvalue weighted by Gasteiger charge is -2.18. The summed E-state index contributed by atoms with van der Waals surface area (Å²) in [4.78, 5) is 2.01. The maximum Gasteiger partial charge on any atom is 0.137 e. The first-order valence-electron chi connectivity index (χ1n) is 5.05. The van der Waals surface area contributed by atoms with Gasteiger partial charge in [-0.15, -0.1) is 0 Å². The summed E-state index contributed by atoms with van der Waals surface area (Å²) in [5.41, 5.74) is 0.896. The van der Waals surface area contributed by atoms with Crippen molar-refractivity contribution < 1.29 is 4.39 Å². The second kappa shape index (κ2) is 5.97. The third kappa shape index (κ3) is 3.58. The fourth-order valence-corrected chi connectivity index (χ4v) is 1.92. The molecule has 1 aromatic carbocycles. The van der Waals surface area contributed by atoms with E-state index in [1.165, 1.54) is 6.07 Å². The standard InChI is InChI=1S/C12H14BrFN2/c1-9(6-15)7-16(2)8-10-4-3-5-11(14)12(10)13/h3-5,9H,7-8H2,1-2H3. The van der Waals surface area contributed by atoms with Crippen LogP contribution >= 0.6 is 15.9 Å². The molecule has 2 nitrogen and oxygen atoms in total. The number of nitrogens with zero attached hydrogens (tertiary/aromatic N) is 2. The highest BCUT2D eigenvalue weighted by molar-refractivity contribution is 9.10. The molecule has 0 bridgehead atoms. The summed E-state index contributed by atoms with van der Waals surface area (Å²) < 4.78 is 13.7. The summed E-state index contributed by atoms with van der Waals surface area (Å²) in [6, 6.07) is 7.17. The van der Waals surface area contributed by atoms with Crippen LogP contribution in [0, 0.1) is 23.1 Å². The lowest BCUT2D eigenvalue weighted by atomic mass is 10.1. The topological polar surface area (TPSA) is 27.0 Å². The minimum absolute atomic E-state index is 0.0164. The van der Waals surface area contributed by atoms with Crippen LogP contribution in [-0.2, 0) is 6.54 Å². The van der Waals surface area contributed by atoms with Gasteiger partial charge in [-0.2, -0.15) is 5.26 Å². The van der Waals surface area contributed by atoms with Crippen molar-refractivity contribution >= 4 is 15.9 Å². The highest BCUT2D eigenvalue weighted by Crippen LogP contribution is 2.21. The van der Waals surface area contributed by atoms with E-state index in [9.17, 15) is 4.39 Å². The summed E-state index contributed by atoms with van der Waals surface area (Å²) in [6.07, 6.45) is 0. The van der Waals surface area contributed by atoms with Crippen molar-refractivity contribution in [2.75, 3.05) is 13.6 Å². The average molecular weight is 285 g/mol. The van der Waals surface area contributed by atoms with E-state index in [0.29, 0.717) is 17.6 Å². The lowest BCUT2D eigenvalue weighted by Crippen LogP contribution is -2.23. The van der Waals surface area contributed by atoms with Crippen LogP contribution in [0.5, 0.6) is 0 Å². The minimum Gasteiger partial charge on any atom is -0.301 e. The number of halogens is 2. The number of hydrogen-bond acceptors (Lipinski definition) is 2. The Morgan fingerprint density at radius 3 is 2.88 bits per heavy atom. The van der Waals surface area contributed by atoms with E-state index in [0.717, 1.165) is 5.56 Å². The molecule has 1 rings (SSSR count). The molecule has 0 fully saturated rings. The first-order chi connectivity index (χ1) is 7.54. The van der Waals surface area contributed by atoms with Gasteiger partial charge in [-0.25, -0.2) is 4.39 Å². The van der Waals surface area contributed by atoms with Gasteiger partial charge in [0.05, 0.1) is 16.5 Å². The number of hydrogen-bond donors (Lipinski definition) is 0. The molecule has 0 saturated carbocycles. The van der Waals surface area contributed by atoms with E-state index in [-0.39, 0.29) is 11.7 Å². The van der Waals surface area contributed by atoms with Crippen molar-refractivity contribution in [3.63, 3.8) is 0 Å². The Morgan fingerprint density at radius 2 is 2.25 bits per heavy atom. The number of benzene rings is 1. The molecule has 0 radical (unpaired) electrons. The molecule has 4 heteroatoms. The first-order valence-corrected chi connectivity index (χ1v) is 5.85. The Hall–Kier alpha value is -0.920. The van der Waals surface area contributed by atoms with Crippen molar-refractivity contribution in [2.24, 2.45) is 5.92 Å². The van der Waals surface area contributed by atoms with Crippen LogP contribution in [0.25, 0.3) is 0 Å². The maximum absolute atomic E-state index is 13.2. The van der Waals surface area contributed by atoms with Crippen LogP contribution in [0.4, 0.5) is 4.39 Å². The molecule has 1 atom stereocenters. The van der Waals surface area contributed by atoms with Gasteiger partial charge in [0.25, 0.3) is 0 Å². The summed E-state index contributed by atoms with van der Waals surface area (Å²) in [6.45, 7) is 3.18. The second-order valence-corrected chi connectivity index (χ2v) is 4.73. The summed E-state index contributed by atoms with van der Waals surface area (Å²) in [5, 5.41) is 8.70. The highest BCUT2D eigenvalue weighted by Gasteiger charge is 2.09. The quantitative estimate of drug-likeness (QED) is 0.849. The first kappa shape index (κ1) is 13.1. The SMILES string of the molecule is CC(C#N)CN(C)Cc1cccc(F)c1Br. The van der Waals surface area contributed by atoms with E-state index < -0.39 is 0 Å². The normalized spacial score (nSPS) is 12.5. The molecule has 0 N–H and O–H groups in total. The Labute approximate surface area is 104 Å². The summed E-state index contributed by atoms with van der Waals surface area (Å²) in [7, 11) is 1.92. The zero-order valence-electron chi connectivity index (χ0n) is 9.37. The van der Waals surface area contributed by atoms with E-state index in [2.05, 4.69) is 22.0 Å². The van der Waals surface area contributed by atoms with Crippen molar-refractivity contribution in [3.05, 3.63) is 34.1 Å². The zero-order valence-corrected chi connectivity index (χ0v) is 11.0. The van der Waals surface area contributed by atoms with E-state index in [1.807, 2.05) is 24.9 Å². The molecule has 0 spiro atoms. The highest BCUT2D eigenvalue weighted by atomic mass is 79.9. The van der Waals surface area contributed by atoms with Crippen molar-refractivity contribution in [1.82, 2.24) is 4.90 Å². The Balaban J connectivity index is 2.67. The van der Waals surface area contributed by atoms with Crippen LogP contribution in [0.2, 0.25) is 0 Å². The van der Waals surface area contributed by atoms with Gasteiger partial charge >= 0.3 is 0 Å². The van der Waals surface area contributed by atoms with E-state index >= 15 is 0 Å². The van der Waals surface area contributed by atoms with Crippen molar-refractivity contribution in [2.45, 2.75) is 13.5 Å². The summed E-state index contributed by atoms with van der Waals surface area (Å²) >= 11 is 3.23. The molecule has 0 aliphatic rings. The molecule has 16 heavy (non-hydrogen) atoms. The van der Waals surface area contributed by atoms with Gasteiger partial charge in [0.2, 0.25) is 0 Å². The van der Waals surface area contributed by atoms with E-state index in [4.69, 9.17) is 5.26 Å². The Kier molecular flexibility index (Phi) is 4.91. The molecule has 86 valence electrons. The largest absolute Gasteiger partial charge is 0.301 e. The summed E-state index contributed by atoms with van der Waals surface area (Å²) in [5.74, 6) is -0.267. The third-order valence-electron chi connectivity index (χ3n) is 2.28. The predicted molar refractivity (Wildman–Crippen MR) is 65.2 cm³/mol. The lowest BCUT2D eigenvalue weighted by molar-refractivity contribution is 0.302. The van der Waals surface area contributed by atoms with Crippen LogP contribution in [0.3, 0.4) is 0 Å². The van der Waals surface area contributed by atoms with Gasteiger partial charge in [0.1, 0.15) is 5.82 Å². The fourth-order valence-electron chi connectivity index (χ4n) is 1.53. The molecule has 0 aromatic heterocycles. The van der Waals surface area contributed by atoms with E-state index in [1.54, 1.807) is 6.07 Å². The van der Waals surface area contributed by atoms with Gasteiger partial charge in [-0.3, -0.25) is 0 Å². The molecule has 0 heterocycles. The van der Waals surface area contributed by atoms with Gasteiger partial charge in [0.15, 0.2) is 0 Å². The Morgan fingerprint density at radius 1 is 1.56 bits per heavy atom. The molecule has 0 saturated heterocycles. The van der Waals surface area contributed by atoms with Crippen molar-refractivity contribution in [3.8, 4) is 6.07 Å². The third-order valence-corrected chi connectivity index (χ3v) is 3.17. The van der Waals surface area contributed by atoms with Crippen LogP contribution in [0.15, 0.2) is 22.7 Å². The van der Waals surface area contributed by atoms with Gasteiger partial charge in [-0.1, -0.05) is 12.1 Å². The smallest absolute Gasteiger partial charge is 0.137 e. The number of rotatable bonds is 4. The number of nitriles is 1. The molecule has 0 aliphatic heterocycles. The molecular formula is C12H14BrFN2. The van der Waals surface area contributed by atoms with Gasteiger partial charge in [0, 0.05) is 13.1 Å². The van der Waals surface area contributed by atoms with Crippen molar-refractivity contribution in [1.29, 1.82) is 5.26 Å². The monoisotopic (exact) mass is 284 g/mol. The Bertz CT molecular complexity index is 400. The average Bonchev–Trinajstić information content (AvgIpc) is 2.24. The van der Waals surface area contributed by atoms with Crippen LogP contribution in [-0.4, -0.2) is 18.5 Å². The predicted octanol–water partition coefficient (Wildman–Crippen LogP) is 3.18. The second-order valence-electron chi connectivity index (χ2n) is 3.94. The molecule has 1 aromatic rings. The molecular weight excluding hydrogens is 271 g/mol. The molecule has 0 aliphatic carbocycles. The van der Waals surface area contributed by atoms with Gasteiger partial charge < -0.3 is 4.90 Å². The zero-order chi connectivity index (χ0) is 12.1. The molecule has 0 amide bonds. The van der Waals surface area contributed by atoms with Crippen LogP contribution < -0.4 is 0 Å². The van der Waals surface area contributed by atoms with Gasteiger partial charge in [-0.05, 0) is 41.5 Å². The fraction of sp³-hybridized carbons (Fsp3) is 0.417. The molecule has 1 unspecified atom stereocenters. The maximum atomic E-state index is 13.2. The minimum atomic E-state index is -0.251.